The summed E-state index contributed by atoms with van der Waals surface area (Å²) in [4.78, 5) is 31.7. The number of hydrogen-bond donors (Lipinski definition) is 1. The number of halogens is 1. The molecule has 0 bridgehead atoms. The number of rotatable bonds is 5. The van der Waals surface area contributed by atoms with Crippen LogP contribution >= 0.6 is 11.6 Å². The number of amides is 2. The molecule has 4 heterocycles. The van der Waals surface area contributed by atoms with E-state index < -0.39 is 0 Å². The van der Waals surface area contributed by atoms with Crippen LogP contribution in [0.5, 0.6) is 0 Å². The van der Waals surface area contributed by atoms with Crippen molar-refractivity contribution in [1.82, 2.24) is 24.8 Å². The molecular formula is C27H30ClN5O3. The largest absolute Gasteiger partial charge is 0.375 e. The lowest BCUT2D eigenvalue weighted by atomic mass is 9.93. The molecule has 3 aliphatic rings. The molecule has 3 aromatic rings. The third kappa shape index (κ3) is 3.74. The molecule has 36 heavy (non-hydrogen) atoms. The Bertz CT molecular complexity index is 1370. The molecule has 8 nitrogen and oxygen atoms in total. The molecule has 2 amide bonds. The maximum atomic E-state index is 12.8. The zero-order valence-corrected chi connectivity index (χ0v) is 21.7. The third-order valence-corrected chi connectivity index (χ3v) is 8.31. The summed E-state index contributed by atoms with van der Waals surface area (Å²) in [5, 5.41) is 8.52. The van der Waals surface area contributed by atoms with Crippen LogP contribution < -0.4 is 5.32 Å². The van der Waals surface area contributed by atoms with Crippen molar-refractivity contribution < 1.29 is 14.3 Å². The predicted octanol–water partition coefficient (Wildman–Crippen LogP) is 3.42. The molecule has 2 aliphatic heterocycles. The quantitative estimate of drug-likeness (QED) is 0.532. The second-order valence-electron chi connectivity index (χ2n) is 11.0. The first-order valence-electron chi connectivity index (χ1n) is 12.5. The Hall–Kier alpha value is -2.81. The minimum absolute atomic E-state index is 0.0582. The number of benzene rings is 1. The molecule has 3 fully saturated rings. The highest BCUT2D eigenvalue weighted by molar-refractivity contribution is 6.31. The van der Waals surface area contributed by atoms with Crippen LogP contribution in [-0.2, 0) is 27.3 Å². The Morgan fingerprint density at radius 1 is 1.19 bits per heavy atom. The van der Waals surface area contributed by atoms with Crippen LogP contribution in [0.4, 0.5) is 0 Å². The summed E-state index contributed by atoms with van der Waals surface area (Å²) in [6.45, 7) is 9.86. The van der Waals surface area contributed by atoms with Gasteiger partial charge in [-0.05, 0) is 54.2 Å². The Morgan fingerprint density at radius 2 is 1.94 bits per heavy atom. The molecule has 1 saturated carbocycles. The molecule has 4 atom stereocenters. The second-order valence-corrected chi connectivity index (χ2v) is 11.5. The van der Waals surface area contributed by atoms with E-state index in [1.165, 1.54) is 11.2 Å². The number of fused-ring (bicyclic) bond motifs is 2. The number of nitrogens with zero attached hydrogens (tertiary/aromatic N) is 4. The average molecular weight is 508 g/mol. The average Bonchev–Trinajstić information content (AvgIpc) is 3.08. The van der Waals surface area contributed by atoms with Gasteiger partial charge in [0.15, 0.2) is 0 Å². The van der Waals surface area contributed by atoms with Crippen LogP contribution in [0.1, 0.15) is 37.5 Å². The molecule has 6 rings (SSSR count). The Balaban J connectivity index is 1.34. The lowest BCUT2D eigenvalue weighted by molar-refractivity contribution is -0.143. The van der Waals surface area contributed by atoms with Gasteiger partial charge in [-0.15, -0.1) is 0 Å². The molecule has 1 aliphatic carbocycles. The van der Waals surface area contributed by atoms with Gasteiger partial charge in [-0.3, -0.25) is 14.5 Å². The molecule has 0 radical (unpaired) electrons. The molecule has 1 aromatic carbocycles. The smallest absolute Gasteiger partial charge is 0.233 e. The van der Waals surface area contributed by atoms with Gasteiger partial charge in [-0.25, -0.2) is 9.50 Å². The lowest BCUT2D eigenvalue weighted by Crippen LogP contribution is -2.45. The molecule has 3 unspecified atom stereocenters. The number of morpholine rings is 1. The van der Waals surface area contributed by atoms with Crippen molar-refractivity contribution in [3.8, 4) is 11.3 Å². The summed E-state index contributed by atoms with van der Waals surface area (Å²) in [6, 6.07) is 6.23. The number of likely N-dealkylation sites (tertiary alicyclic amines) is 1. The summed E-state index contributed by atoms with van der Waals surface area (Å²) in [5.74, 6) is -0.512. The fourth-order valence-corrected chi connectivity index (χ4v) is 6.24. The van der Waals surface area contributed by atoms with E-state index >= 15 is 0 Å². The topological polar surface area (TPSA) is 88.8 Å². The highest BCUT2D eigenvalue weighted by Crippen LogP contribution is 2.63. The van der Waals surface area contributed by atoms with Gasteiger partial charge in [-0.2, -0.15) is 5.10 Å². The van der Waals surface area contributed by atoms with Crippen LogP contribution in [0, 0.1) is 24.2 Å². The summed E-state index contributed by atoms with van der Waals surface area (Å²) in [5.41, 5.74) is 5.34. The number of imide groups is 1. The predicted molar refractivity (Wildman–Crippen MR) is 135 cm³/mol. The molecule has 2 saturated heterocycles. The van der Waals surface area contributed by atoms with Crippen LogP contribution in [0.15, 0.2) is 30.7 Å². The van der Waals surface area contributed by atoms with Crippen LogP contribution in [-0.4, -0.2) is 56.6 Å². The summed E-state index contributed by atoms with van der Waals surface area (Å²) in [6.07, 6.45) is 4.18. The Kier molecular flexibility index (Phi) is 5.48. The van der Waals surface area contributed by atoms with Gasteiger partial charge in [0.05, 0.1) is 42.3 Å². The van der Waals surface area contributed by atoms with E-state index in [0.29, 0.717) is 17.7 Å². The van der Waals surface area contributed by atoms with Gasteiger partial charge >= 0.3 is 0 Å². The van der Waals surface area contributed by atoms with Crippen molar-refractivity contribution in [2.24, 2.45) is 17.3 Å². The number of ether oxygens (including phenoxy) is 1. The van der Waals surface area contributed by atoms with E-state index in [-0.39, 0.29) is 41.7 Å². The number of piperidine rings is 1. The number of hydrogen-bond acceptors (Lipinski definition) is 6. The third-order valence-electron chi connectivity index (χ3n) is 8.10. The van der Waals surface area contributed by atoms with E-state index in [1.807, 2.05) is 38.2 Å². The minimum atomic E-state index is -0.217. The van der Waals surface area contributed by atoms with Crippen molar-refractivity contribution in [1.29, 1.82) is 0 Å². The van der Waals surface area contributed by atoms with Crippen molar-refractivity contribution in [2.75, 3.05) is 13.2 Å². The van der Waals surface area contributed by atoms with Gasteiger partial charge in [-0.1, -0.05) is 25.4 Å². The highest BCUT2D eigenvalue weighted by atomic mass is 35.5. The van der Waals surface area contributed by atoms with Crippen molar-refractivity contribution in [2.45, 2.75) is 52.8 Å². The standard InChI is InChI=1S/C27H30ClN5O3/c1-14-5-17(28)7-20(19(14)8-18-9-29-15(2)12-36-18)24-21-6-16(11-33(21)31-13-30-24)10-32-25(34)22-23(26(32)35)27(22,3)4/h5-7,11,13,15,18,22-23,29H,8-10,12H2,1-4H3/t15-,18?,22?,23?/m0/s1. The Morgan fingerprint density at radius 3 is 2.64 bits per heavy atom. The number of aromatic nitrogens is 3. The summed E-state index contributed by atoms with van der Waals surface area (Å²) >= 11 is 6.50. The zero-order valence-electron chi connectivity index (χ0n) is 20.9. The molecule has 1 N–H and O–H groups in total. The zero-order chi connectivity index (χ0) is 25.4. The molecular weight excluding hydrogens is 478 g/mol. The molecule has 0 spiro atoms. The maximum Gasteiger partial charge on any atom is 0.233 e. The molecule has 9 heteroatoms. The monoisotopic (exact) mass is 507 g/mol. The van der Waals surface area contributed by atoms with Crippen molar-refractivity contribution >= 4 is 28.9 Å². The molecule has 188 valence electrons. The minimum Gasteiger partial charge on any atom is -0.375 e. The number of carbonyl (C=O) groups is 2. The van der Waals surface area contributed by atoms with Crippen molar-refractivity contribution in [3.05, 3.63) is 52.4 Å². The van der Waals surface area contributed by atoms with E-state index in [9.17, 15) is 9.59 Å². The fraction of sp³-hybridized carbons (Fsp3) is 0.481. The Labute approximate surface area is 215 Å². The maximum absolute atomic E-state index is 12.8. The number of aryl methyl sites for hydroxylation is 1. The normalized spacial score (nSPS) is 27.1. The second kappa shape index (κ2) is 8.36. The van der Waals surface area contributed by atoms with Crippen LogP contribution in [0.3, 0.4) is 0 Å². The number of nitrogens with one attached hydrogen (secondary N) is 1. The van der Waals surface area contributed by atoms with Crippen molar-refractivity contribution in [3.63, 3.8) is 0 Å². The fourth-order valence-electron chi connectivity index (χ4n) is 5.96. The first-order valence-corrected chi connectivity index (χ1v) is 12.8. The van der Waals surface area contributed by atoms with Gasteiger partial charge in [0, 0.05) is 35.8 Å². The van der Waals surface area contributed by atoms with Gasteiger partial charge in [0.25, 0.3) is 0 Å². The highest BCUT2D eigenvalue weighted by Gasteiger charge is 2.72. The van der Waals surface area contributed by atoms with Gasteiger partial charge in [0.2, 0.25) is 11.8 Å². The first-order chi connectivity index (χ1) is 17.1. The lowest BCUT2D eigenvalue weighted by Gasteiger charge is -2.29. The van der Waals surface area contributed by atoms with Crippen LogP contribution in [0.2, 0.25) is 5.02 Å². The van der Waals surface area contributed by atoms with E-state index in [0.717, 1.165) is 46.4 Å². The SMILES string of the molecule is Cc1cc(Cl)cc(-c2ncnn3cc(CN4C(=O)C5C(C4=O)C5(C)C)cc23)c1CC1CN[C@@H](C)CO1. The first kappa shape index (κ1) is 23.6. The summed E-state index contributed by atoms with van der Waals surface area (Å²) < 4.78 is 7.84. The van der Waals surface area contributed by atoms with Gasteiger partial charge < -0.3 is 10.1 Å². The molecule has 2 aromatic heterocycles. The number of carbonyl (C=O) groups excluding carboxylic acids is 2. The van der Waals surface area contributed by atoms with E-state index in [2.05, 4.69) is 29.2 Å². The summed E-state index contributed by atoms with van der Waals surface area (Å²) in [7, 11) is 0. The van der Waals surface area contributed by atoms with Gasteiger partial charge in [0.1, 0.15) is 6.33 Å². The van der Waals surface area contributed by atoms with E-state index in [4.69, 9.17) is 16.3 Å². The van der Waals surface area contributed by atoms with Crippen LogP contribution in [0.25, 0.3) is 16.8 Å². The van der Waals surface area contributed by atoms with E-state index in [1.54, 1.807) is 4.52 Å².